The van der Waals surface area contributed by atoms with E-state index in [1.165, 1.54) is 16.6 Å². The first kappa shape index (κ1) is 24.3. The Morgan fingerprint density at radius 1 is 1.09 bits per heavy atom. The molecule has 182 valence electrons. The number of amides is 1. The number of ether oxygens (including phenoxy) is 2. The van der Waals surface area contributed by atoms with E-state index >= 15 is 0 Å². The number of carbonyl (C=O) groups excluding carboxylic acids is 1. The summed E-state index contributed by atoms with van der Waals surface area (Å²) in [5.74, 6) is 2.18. The van der Waals surface area contributed by atoms with Crippen molar-refractivity contribution in [2.45, 2.75) is 71.4 Å². The van der Waals surface area contributed by atoms with Crippen molar-refractivity contribution in [1.82, 2.24) is 14.9 Å². The third-order valence-electron chi connectivity index (χ3n) is 6.51. The van der Waals surface area contributed by atoms with Gasteiger partial charge in [0, 0.05) is 26.1 Å². The van der Waals surface area contributed by atoms with Crippen LogP contribution < -0.4 is 10.1 Å². The molecule has 0 aliphatic carbocycles. The monoisotopic (exact) mass is 463 g/mol. The van der Waals surface area contributed by atoms with Crippen LogP contribution in [-0.2, 0) is 22.5 Å². The van der Waals surface area contributed by atoms with Crippen molar-refractivity contribution >= 4 is 16.9 Å². The summed E-state index contributed by atoms with van der Waals surface area (Å²) in [6, 6.07) is 14.6. The minimum atomic E-state index is -0.237. The highest BCUT2D eigenvalue weighted by Crippen LogP contribution is 2.23. The number of nitrogens with one attached hydrogen (secondary N) is 1. The Morgan fingerprint density at radius 2 is 1.91 bits per heavy atom. The number of benzene rings is 2. The molecule has 1 atom stereocenters. The maximum absolute atomic E-state index is 12.0. The van der Waals surface area contributed by atoms with Crippen molar-refractivity contribution in [2.24, 2.45) is 0 Å². The van der Waals surface area contributed by atoms with E-state index in [0.717, 1.165) is 68.6 Å². The number of imidazole rings is 1. The number of hydrogen-bond acceptors (Lipinski definition) is 4. The van der Waals surface area contributed by atoms with Crippen LogP contribution in [0.3, 0.4) is 0 Å². The first-order valence-electron chi connectivity index (χ1n) is 12.7. The van der Waals surface area contributed by atoms with E-state index < -0.39 is 0 Å². The number of rotatable bonds is 12. The van der Waals surface area contributed by atoms with Crippen molar-refractivity contribution in [1.29, 1.82) is 0 Å². The van der Waals surface area contributed by atoms with Gasteiger partial charge in [-0.1, -0.05) is 36.8 Å². The molecule has 0 bridgehead atoms. The molecule has 1 aliphatic rings. The number of unbranched alkanes of at least 4 members (excludes halogenated alkanes) is 2. The molecular formula is C28H37N3O3. The van der Waals surface area contributed by atoms with Gasteiger partial charge in [-0.05, 0) is 69.2 Å². The number of para-hydroxylation sites is 3. The maximum Gasteiger partial charge on any atom is 0.249 e. The van der Waals surface area contributed by atoms with Gasteiger partial charge in [-0.3, -0.25) is 4.79 Å². The molecule has 6 nitrogen and oxygen atoms in total. The minimum Gasteiger partial charge on any atom is -0.493 e. The molecule has 0 spiro atoms. The zero-order valence-electron chi connectivity index (χ0n) is 20.5. The molecular weight excluding hydrogens is 426 g/mol. The molecule has 2 aromatic carbocycles. The van der Waals surface area contributed by atoms with Gasteiger partial charge >= 0.3 is 0 Å². The molecule has 3 aromatic rings. The Kier molecular flexibility index (Phi) is 8.58. The van der Waals surface area contributed by atoms with Gasteiger partial charge in [0.25, 0.3) is 0 Å². The molecule has 2 heterocycles. The van der Waals surface area contributed by atoms with Gasteiger partial charge in [-0.15, -0.1) is 0 Å². The van der Waals surface area contributed by atoms with Crippen LogP contribution in [0.5, 0.6) is 5.75 Å². The normalized spacial score (nSPS) is 15.6. The lowest BCUT2D eigenvalue weighted by atomic mass is 10.1. The van der Waals surface area contributed by atoms with Crippen molar-refractivity contribution in [3.63, 3.8) is 0 Å². The minimum absolute atomic E-state index is 0.0439. The molecule has 1 amide bonds. The fraction of sp³-hybridized carbons (Fsp3) is 0.500. The van der Waals surface area contributed by atoms with E-state index in [4.69, 9.17) is 14.5 Å². The van der Waals surface area contributed by atoms with Gasteiger partial charge in [0.1, 0.15) is 17.7 Å². The van der Waals surface area contributed by atoms with Gasteiger partial charge in [-0.25, -0.2) is 4.98 Å². The highest BCUT2D eigenvalue weighted by Gasteiger charge is 2.22. The van der Waals surface area contributed by atoms with Crippen molar-refractivity contribution < 1.29 is 14.3 Å². The average molecular weight is 464 g/mol. The Bertz CT molecular complexity index is 1070. The molecule has 1 aliphatic heterocycles. The Morgan fingerprint density at radius 3 is 2.71 bits per heavy atom. The molecule has 1 saturated heterocycles. The third-order valence-corrected chi connectivity index (χ3v) is 6.51. The predicted octanol–water partition coefficient (Wildman–Crippen LogP) is 5.13. The van der Waals surface area contributed by atoms with Crippen LogP contribution in [0.25, 0.3) is 11.0 Å². The molecule has 0 saturated carbocycles. The second-order valence-electron chi connectivity index (χ2n) is 9.19. The summed E-state index contributed by atoms with van der Waals surface area (Å²) in [4.78, 5) is 16.9. The van der Waals surface area contributed by atoms with Gasteiger partial charge in [0.15, 0.2) is 0 Å². The van der Waals surface area contributed by atoms with Crippen LogP contribution in [0.15, 0.2) is 42.5 Å². The van der Waals surface area contributed by atoms with E-state index in [0.29, 0.717) is 19.8 Å². The smallest absolute Gasteiger partial charge is 0.249 e. The number of aromatic nitrogens is 2. The maximum atomic E-state index is 12.0. The molecule has 1 fully saturated rings. The summed E-state index contributed by atoms with van der Waals surface area (Å²) in [5, 5.41) is 3.01. The number of carbonyl (C=O) groups is 1. The topological polar surface area (TPSA) is 65.4 Å². The summed E-state index contributed by atoms with van der Waals surface area (Å²) in [5.41, 5.74) is 4.60. The fourth-order valence-corrected chi connectivity index (χ4v) is 4.68. The Labute approximate surface area is 202 Å². The van der Waals surface area contributed by atoms with E-state index in [1.807, 2.05) is 6.07 Å². The number of hydrogen-bond donors (Lipinski definition) is 1. The summed E-state index contributed by atoms with van der Waals surface area (Å²) < 4.78 is 13.9. The first-order chi connectivity index (χ1) is 16.6. The zero-order chi connectivity index (χ0) is 23.8. The summed E-state index contributed by atoms with van der Waals surface area (Å²) in [6.07, 6.45) is 6.54. The van der Waals surface area contributed by atoms with Crippen molar-refractivity contribution in [3.05, 3.63) is 59.4 Å². The third kappa shape index (κ3) is 6.17. The van der Waals surface area contributed by atoms with Crippen LogP contribution in [-0.4, -0.2) is 41.3 Å². The van der Waals surface area contributed by atoms with E-state index in [9.17, 15) is 4.79 Å². The summed E-state index contributed by atoms with van der Waals surface area (Å²) >= 11 is 0. The highest BCUT2D eigenvalue weighted by atomic mass is 16.5. The molecule has 1 unspecified atom stereocenters. The average Bonchev–Trinajstić information content (AvgIpc) is 3.49. The summed E-state index contributed by atoms with van der Waals surface area (Å²) in [6.45, 7) is 7.18. The SMILES string of the molecule is Cc1cccc(C)c1OCCCn1c(CCCCCNC(=O)C2CCCO2)nc2ccccc21. The standard InChI is InChI=1S/C28H37N3O3/c1-21-11-8-12-22(2)27(21)34-20-10-18-31-24-14-6-5-13-23(24)30-26(31)16-4-3-7-17-29-28(32)25-15-9-19-33-25/h5-6,8,11-14,25H,3-4,7,9-10,15-20H2,1-2H3,(H,29,32). The lowest BCUT2D eigenvalue weighted by molar-refractivity contribution is -0.130. The lowest BCUT2D eigenvalue weighted by Gasteiger charge is -2.13. The second kappa shape index (κ2) is 12.0. The first-order valence-corrected chi connectivity index (χ1v) is 12.7. The van der Waals surface area contributed by atoms with Crippen LogP contribution in [0.2, 0.25) is 0 Å². The van der Waals surface area contributed by atoms with Crippen LogP contribution in [0, 0.1) is 13.8 Å². The van der Waals surface area contributed by atoms with Gasteiger partial charge in [-0.2, -0.15) is 0 Å². The zero-order valence-corrected chi connectivity index (χ0v) is 20.5. The second-order valence-corrected chi connectivity index (χ2v) is 9.19. The van der Waals surface area contributed by atoms with Crippen molar-refractivity contribution in [2.75, 3.05) is 19.8 Å². The largest absolute Gasteiger partial charge is 0.493 e. The van der Waals surface area contributed by atoms with Gasteiger partial charge < -0.3 is 19.4 Å². The summed E-state index contributed by atoms with van der Waals surface area (Å²) in [7, 11) is 0. The number of aryl methyl sites for hydroxylation is 4. The predicted molar refractivity (Wildman–Crippen MR) is 135 cm³/mol. The van der Waals surface area contributed by atoms with Gasteiger partial charge in [0.05, 0.1) is 17.6 Å². The molecule has 6 heteroatoms. The van der Waals surface area contributed by atoms with Crippen LogP contribution >= 0.6 is 0 Å². The Hall–Kier alpha value is -2.86. The van der Waals surface area contributed by atoms with E-state index in [-0.39, 0.29) is 12.0 Å². The van der Waals surface area contributed by atoms with E-state index in [1.54, 1.807) is 0 Å². The molecule has 4 rings (SSSR count). The fourth-order valence-electron chi connectivity index (χ4n) is 4.68. The molecule has 1 N–H and O–H groups in total. The van der Waals surface area contributed by atoms with E-state index in [2.05, 4.69) is 60.1 Å². The number of fused-ring (bicyclic) bond motifs is 1. The molecule has 1 aromatic heterocycles. The molecule has 34 heavy (non-hydrogen) atoms. The number of nitrogens with zero attached hydrogens (tertiary/aromatic N) is 2. The Balaban J connectivity index is 1.25. The van der Waals surface area contributed by atoms with Crippen LogP contribution in [0.4, 0.5) is 0 Å². The quantitative estimate of drug-likeness (QED) is 0.378. The van der Waals surface area contributed by atoms with Crippen LogP contribution in [0.1, 0.15) is 55.5 Å². The molecule has 0 radical (unpaired) electrons. The lowest BCUT2D eigenvalue weighted by Crippen LogP contribution is -2.34. The highest BCUT2D eigenvalue weighted by molar-refractivity contribution is 5.80. The van der Waals surface area contributed by atoms with Gasteiger partial charge in [0.2, 0.25) is 5.91 Å². The van der Waals surface area contributed by atoms with Crippen molar-refractivity contribution in [3.8, 4) is 5.75 Å².